The molecule has 0 N–H and O–H groups in total. The van der Waals surface area contributed by atoms with Gasteiger partial charge in [0.2, 0.25) is 0 Å². The third-order valence-electron chi connectivity index (χ3n) is 4.68. The van der Waals surface area contributed by atoms with E-state index in [1.807, 2.05) is 4.90 Å². The van der Waals surface area contributed by atoms with Crippen LogP contribution in [-0.2, 0) is 4.74 Å². The summed E-state index contributed by atoms with van der Waals surface area (Å²) in [5.41, 5.74) is 0.723. The van der Waals surface area contributed by atoms with Gasteiger partial charge in [-0.2, -0.15) is 0 Å². The lowest BCUT2D eigenvalue weighted by atomic mass is 9.97. The molecule has 1 amide bonds. The predicted molar refractivity (Wildman–Crippen MR) is 84.8 cm³/mol. The number of hydrogen-bond acceptors (Lipinski definition) is 4. The number of hydrogen-bond donors (Lipinski definition) is 0. The summed E-state index contributed by atoms with van der Waals surface area (Å²) in [6.07, 6.45) is 7.00. The average molecular weight is 303 g/mol. The molecule has 3 rings (SSSR count). The Hall–Kier alpha value is -1.46. The van der Waals surface area contributed by atoms with Crippen LogP contribution in [-0.4, -0.2) is 65.6 Å². The van der Waals surface area contributed by atoms with Crippen LogP contribution in [0.1, 0.15) is 36.5 Å². The number of carbonyl (C=O) groups is 1. The highest BCUT2D eigenvalue weighted by molar-refractivity contribution is 5.94. The Balaban J connectivity index is 1.71. The summed E-state index contributed by atoms with van der Waals surface area (Å²) in [5, 5.41) is 0. The minimum absolute atomic E-state index is 0.109. The lowest BCUT2D eigenvalue weighted by Gasteiger charge is -2.47. The largest absolute Gasteiger partial charge is 0.374 e. The van der Waals surface area contributed by atoms with Crippen molar-refractivity contribution in [3.63, 3.8) is 0 Å². The van der Waals surface area contributed by atoms with Crippen molar-refractivity contribution in [2.75, 3.05) is 32.8 Å². The first-order valence-electron chi connectivity index (χ1n) is 8.34. The molecule has 1 aromatic heterocycles. The zero-order valence-electron chi connectivity index (χ0n) is 13.3. The fourth-order valence-electron chi connectivity index (χ4n) is 3.43. The first kappa shape index (κ1) is 15.4. The fourth-order valence-corrected chi connectivity index (χ4v) is 3.43. The van der Waals surface area contributed by atoms with Gasteiger partial charge in [-0.3, -0.25) is 9.78 Å². The summed E-state index contributed by atoms with van der Waals surface area (Å²) in [5.74, 6) is 0.109. The Morgan fingerprint density at radius 2 is 2.18 bits per heavy atom. The number of rotatable bonds is 4. The van der Waals surface area contributed by atoms with Crippen molar-refractivity contribution >= 4 is 5.91 Å². The highest BCUT2D eigenvalue weighted by Gasteiger charge is 2.39. The maximum Gasteiger partial charge on any atom is 0.254 e. The maximum atomic E-state index is 12.8. The molecule has 0 aromatic carbocycles. The molecule has 3 heterocycles. The van der Waals surface area contributed by atoms with Crippen LogP contribution in [0.5, 0.6) is 0 Å². The molecule has 0 bridgehead atoms. The second-order valence-electron chi connectivity index (χ2n) is 6.15. The lowest BCUT2D eigenvalue weighted by Crippen LogP contribution is -2.61. The zero-order chi connectivity index (χ0) is 15.4. The molecule has 2 saturated heterocycles. The van der Waals surface area contributed by atoms with E-state index >= 15 is 0 Å². The molecule has 1 aromatic rings. The highest BCUT2D eigenvalue weighted by Crippen LogP contribution is 2.24. The van der Waals surface area contributed by atoms with Crippen molar-refractivity contribution in [2.45, 2.75) is 38.3 Å². The number of likely N-dealkylation sites (tertiary alicyclic amines) is 1. The van der Waals surface area contributed by atoms with E-state index in [1.54, 1.807) is 24.5 Å². The average Bonchev–Trinajstić information content (AvgIpc) is 2.59. The number of fused-ring (bicyclic) bond motifs is 1. The monoisotopic (exact) mass is 303 g/mol. The Morgan fingerprint density at radius 1 is 1.36 bits per heavy atom. The van der Waals surface area contributed by atoms with Crippen LogP contribution in [0.25, 0.3) is 0 Å². The number of morpholine rings is 1. The van der Waals surface area contributed by atoms with Gasteiger partial charge in [-0.05, 0) is 31.5 Å². The van der Waals surface area contributed by atoms with Crippen LogP contribution in [0.2, 0.25) is 0 Å². The standard InChI is InChI=1S/C17H25N3O2/c1-2-3-9-19-10-6-16-15(13-19)20(11-12-22-16)17(21)14-4-7-18-8-5-14/h4-5,7-8,15-16H,2-3,6,9-13H2,1H3/t15-,16-/m0/s1. The van der Waals surface area contributed by atoms with Crippen molar-refractivity contribution < 1.29 is 9.53 Å². The summed E-state index contributed by atoms with van der Waals surface area (Å²) in [6, 6.07) is 3.77. The first-order chi connectivity index (χ1) is 10.8. The number of unbranched alkanes of at least 4 members (excludes halogenated alkanes) is 1. The van der Waals surface area contributed by atoms with Crippen LogP contribution in [0.3, 0.4) is 0 Å². The zero-order valence-corrected chi connectivity index (χ0v) is 13.3. The van der Waals surface area contributed by atoms with Gasteiger partial charge in [0.25, 0.3) is 5.91 Å². The second kappa shape index (κ2) is 7.20. The van der Waals surface area contributed by atoms with Gasteiger partial charge in [0.1, 0.15) is 0 Å². The summed E-state index contributed by atoms with van der Waals surface area (Å²) in [6.45, 7) is 6.68. The number of pyridine rings is 1. The van der Waals surface area contributed by atoms with Gasteiger partial charge in [-0.25, -0.2) is 0 Å². The van der Waals surface area contributed by atoms with E-state index in [2.05, 4.69) is 16.8 Å². The van der Waals surface area contributed by atoms with Gasteiger partial charge in [-0.15, -0.1) is 0 Å². The SMILES string of the molecule is CCCCN1CC[C@@H]2OCCN(C(=O)c3ccncc3)[C@H]2C1. The molecule has 0 aliphatic carbocycles. The molecular weight excluding hydrogens is 278 g/mol. The molecule has 0 radical (unpaired) electrons. The van der Waals surface area contributed by atoms with Gasteiger partial charge in [0, 0.05) is 37.6 Å². The minimum Gasteiger partial charge on any atom is -0.374 e. The molecule has 2 aliphatic heterocycles. The molecule has 0 saturated carbocycles. The van der Waals surface area contributed by atoms with Crippen molar-refractivity contribution in [1.82, 2.24) is 14.8 Å². The molecule has 0 spiro atoms. The third-order valence-corrected chi connectivity index (χ3v) is 4.68. The minimum atomic E-state index is 0.109. The molecular formula is C17H25N3O2. The summed E-state index contributed by atoms with van der Waals surface area (Å²) >= 11 is 0. The van der Waals surface area contributed by atoms with Gasteiger partial charge >= 0.3 is 0 Å². The molecule has 2 aliphatic rings. The molecule has 0 unspecified atom stereocenters. The topological polar surface area (TPSA) is 45.7 Å². The molecule has 2 atom stereocenters. The van der Waals surface area contributed by atoms with Crippen molar-refractivity contribution in [3.05, 3.63) is 30.1 Å². The van der Waals surface area contributed by atoms with Crippen LogP contribution in [0.4, 0.5) is 0 Å². The first-order valence-corrected chi connectivity index (χ1v) is 8.34. The van der Waals surface area contributed by atoms with Gasteiger partial charge in [0.15, 0.2) is 0 Å². The van der Waals surface area contributed by atoms with Gasteiger partial charge < -0.3 is 14.5 Å². The van der Waals surface area contributed by atoms with Crippen molar-refractivity contribution in [3.8, 4) is 0 Å². The number of piperidine rings is 1. The maximum absolute atomic E-state index is 12.8. The Labute approximate surface area is 132 Å². The molecule has 22 heavy (non-hydrogen) atoms. The van der Waals surface area contributed by atoms with Crippen LogP contribution in [0.15, 0.2) is 24.5 Å². The number of ether oxygens (including phenoxy) is 1. The predicted octanol–water partition coefficient (Wildman–Crippen LogP) is 1.80. The van der Waals surface area contributed by atoms with E-state index in [1.165, 1.54) is 12.8 Å². The van der Waals surface area contributed by atoms with Crippen LogP contribution >= 0.6 is 0 Å². The van der Waals surface area contributed by atoms with Crippen molar-refractivity contribution in [2.24, 2.45) is 0 Å². The Kier molecular flexibility index (Phi) is 5.05. The van der Waals surface area contributed by atoms with E-state index in [-0.39, 0.29) is 18.1 Å². The number of amides is 1. The van der Waals surface area contributed by atoms with E-state index in [0.29, 0.717) is 13.2 Å². The third kappa shape index (κ3) is 3.31. The smallest absolute Gasteiger partial charge is 0.254 e. The summed E-state index contributed by atoms with van der Waals surface area (Å²) in [4.78, 5) is 21.3. The Bertz CT molecular complexity index is 494. The molecule has 120 valence electrons. The molecule has 2 fully saturated rings. The summed E-state index contributed by atoms with van der Waals surface area (Å²) < 4.78 is 5.92. The van der Waals surface area contributed by atoms with Crippen LogP contribution < -0.4 is 0 Å². The van der Waals surface area contributed by atoms with E-state index in [0.717, 1.165) is 31.6 Å². The molecule has 5 nitrogen and oxygen atoms in total. The van der Waals surface area contributed by atoms with E-state index in [9.17, 15) is 4.79 Å². The van der Waals surface area contributed by atoms with Gasteiger partial charge in [0.05, 0.1) is 18.8 Å². The highest BCUT2D eigenvalue weighted by atomic mass is 16.5. The normalized spacial score (nSPS) is 25.8. The summed E-state index contributed by atoms with van der Waals surface area (Å²) in [7, 11) is 0. The van der Waals surface area contributed by atoms with E-state index in [4.69, 9.17) is 4.74 Å². The van der Waals surface area contributed by atoms with Gasteiger partial charge in [-0.1, -0.05) is 13.3 Å². The lowest BCUT2D eigenvalue weighted by molar-refractivity contribution is -0.0903. The molecule has 5 heteroatoms. The quantitative estimate of drug-likeness (QED) is 0.851. The Morgan fingerprint density at radius 3 is 2.95 bits per heavy atom. The fraction of sp³-hybridized carbons (Fsp3) is 0.647. The number of nitrogens with zero attached hydrogens (tertiary/aromatic N) is 3. The van der Waals surface area contributed by atoms with E-state index < -0.39 is 0 Å². The second-order valence-corrected chi connectivity index (χ2v) is 6.15. The number of carbonyl (C=O) groups excluding carboxylic acids is 1. The van der Waals surface area contributed by atoms with Crippen LogP contribution in [0, 0.1) is 0 Å². The van der Waals surface area contributed by atoms with Crippen molar-refractivity contribution in [1.29, 1.82) is 0 Å². The number of aromatic nitrogens is 1.